The van der Waals surface area contributed by atoms with Crippen molar-refractivity contribution in [2.45, 2.75) is 23.3 Å². The molecule has 0 fully saturated rings. The van der Waals surface area contributed by atoms with Gasteiger partial charge in [-0.2, -0.15) is 43.9 Å². The Hall–Kier alpha value is -1.66. The van der Waals surface area contributed by atoms with Gasteiger partial charge in [-0.05, 0) is 17.7 Å². The molecule has 0 unspecified atom stereocenters. The average Bonchev–Trinajstić information content (AvgIpc) is 2.43. The van der Waals surface area contributed by atoms with Crippen LogP contribution in [0.2, 0.25) is 0 Å². The van der Waals surface area contributed by atoms with E-state index >= 15 is 0 Å². The highest BCUT2D eigenvalue weighted by molar-refractivity contribution is 7.85. The van der Waals surface area contributed by atoms with Crippen molar-refractivity contribution in [3.8, 4) is 0 Å². The van der Waals surface area contributed by atoms with Gasteiger partial charge in [0.2, 0.25) is 11.0 Å². The molecular weight excluding hydrogens is 384 g/mol. The van der Waals surface area contributed by atoms with Crippen molar-refractivity contribution in [3.05, 3.63) is 35.6 Å². The third kappa shape index (κ3) is 3.54. The molecule has 0 amide bonds. The van der Waals surface area contributed by atoms with Gasteiger partial charge < -0.3 is 0 Å². The third-order valence-electron chi connectivity index (χ3n) is 2.48. The Morgan fingerprint density at radius 3 is 1.92 bits per heavy atom. The lowest BCUT2D eigenvalue weighted by molar-refractivity contribution is -0.381. The van der Waals surface area contributed by atoms with Crippen molar-refractivity contribution >= 4 is 17.2 Å². The highest BCUT2D eigenvalue weighted by Gasteiger charge is 2.83. The lowest BCUT2D eigenvalue weighted by Gasteiger charge is -2.31. The van der Waals surface area contributed by atoms with Gasteiger partial charge in [0.05, 0.1) is 0 Å². The van der Waals surface area contributed by atoms with Crippen molar-refractivity contribution in [3.63, 3.8) is 0 Å². The van der Waals surface area contributed by atoms with Gasteiger partial charge in [0.15, 0.2) is 0 Å². The minimum atomic E-state index is -7.16. The van der Waals surface area contributed by atoms with Gasteiger partial charge >= 0.3 is 23.3 Å². The molecule has 136 valence electrons. The molecule has 1 atom stereocenters. The summed E-state index contributed by atoms with van der Waals surface area (Å²) < 4.78 is 139. The summed E-state index contributed by atoms with van der Waals surface area (Å²) >= 11 is 0. The maximum Gasteiger partial charge on any atom is 0.460 e. The Morgan fingerprint density at radius 1 is 0.917 bits per heavy atom. The van der Waals surface area contributed by atoms with Gasteiger partial charge in [0, 0.05) is 6.21 Å². The van der Waals surface area contributed by atoms with Crippen LogP contribution in [-0.2, 0) is 11.0 Å². The van der Waals surface area contributed by atoms with E-state index in [0.717, 1.165) is 18.2 Å². The fraction of sp³-hybridized carbons (Fsp3) is 0.364. The first-order valence-corrected chi connectivity index (χ1v) is 6.67. The molecule has 0 saturated heterocycles. The van der Waals surface area contributed by atoms with Crippen molar-refractivity contribution < 1.29 is 48.1 Å². The summed E-state index contributed by atoms with van der Waals surface area (Å²) in [5.41, 5.74) is -0.370. The van der Waals surface area contributed by atoms with E-state index in [-0.39, 0.29) is 11.8 Å². The van der Waals surface area contributed by atoms with Crippen LogP contribution in [0.3, 0.4) is 0 Å². The van der Waals surface area contributed by atoms with E-state index in [0.29, 0.717) is 6.07 Å². The minimum absolute atomic E-state index is 0.162. The lowest BCUT2D eigenvalue weighted by Crippen LogP contribution is -2.61. The number of alkyl halides is 9. The average molecular weight is 389 g/mol. The Kier molecular flexibility index (Phi) is 5.38. The topological polar surface area (TPSA) is 29.4 Å². The minimum Gasteiger partial charge on any atom is -0.228 e. The summed E-state index contributed by atoms with van der Waals surface area (Å²) in [7, 11) is -4.50. The quantitative estimate of drug-likeness (QED) is 0.545. The maximum atomic E-state index is 13.2. The molecule has 0 N–H and O–H groups in total. The van der Waals surface area contributed by atoms with E-state index in [2.05, 4.69) is 4.40 Å². The fourth-order valence-electron chi connectivity index (χ4n) is 1.23. The molecule has 1 aromatic carbocycles. The van der Waals surface area contributed by atoms with Crippen LogP contribution in [0.25, 0.3) is 0 Å². The highest BCUT2D eigenvalue weighted by atomic mass is 32.2. The second kappa shape index (κ2) is 6.33. The van der Waals surface area contributed by atoms with Gasteiger partial charge in [-0.15, -0.1) is 0 Å². The largest absolute Gasteiger partial charge is 0.460 e. The second-order valence-corrected chi connectivity index (χ2v) is 5.42. The van der Waals surface area contributed by atoms with E-state index < -0.39 is 40.1 Å². The zero-order valence-electron chi connectivity index (χ0n) is 10.9. The Balaban J connectivity index is 3.16. The van der Waals surface area contributed by atoms with Crippen LogP contribution in [0.5, 0.6) is 0 Å². The summed E-state index contributed by atoms with van der Waals surface area (Å²) in [5.74, 6) is -15.1. The maximum absolute atomic E-state index is 13.2. The number of benzene rings is 1. The molecule has 0 saturated carbocycles. The van der Waals surface area contributed by atoms with Gasteiger partial charge in [-0.1, -0.05) is 12.1 Å². The molecule has 1 rings (SSSR count). The van der Waals surface area contributed by atoms with Crippen LogP contribution in [0.1, 0.15) is 5.56 Å². The molecule has 2 nitrogen and oxygen atoms in total. The van der Waals surface area contributed by atoms with Gasteiger partial charge in [-0.3, -0.25) is 0 Å². The van der Waals surface area contributed by atoms with Crippen molar-refractivity contribution in [1.29, 1.82) is 0 Å². The number of hydrogen-bond acceptors (Lipinski definition) is 1. The first kappa shape index (κ1) is 20.4. The van der Waals surface area contributed by atoms with Crippen LogP contribution < -0.4 is 0 Å². The van der Waals surface area contributed by atoms with Crippen LogP contribution in [-0.4, -0.2) is 33.7 Å². The number of rotatable bonds is 5. The molecule has 1 aromatic rings. The zero-order valence-corrected chi connectivity index (χ0v) is 11.7. The molecule has 0 bridgehead atoms. The van der Waals surface area contributed by atoms with Gasteiger partial charge in [0.1, 0.15) is 5.82 Å². The number of nitrogens with zero attached hydrogens (tertiary/aromatic N) is 1. The summed E-state index contributed by atoms with van der Waals surface area (Å²) in [6.07, 6.45) is -6.86. The van der Waals surface area contributed by atoms with E-state index in [4.69, 9.17) is 0 Å². The van der Waals surface area contributed by atoms with Crippen LogP contribution in [0.15, 0.2) is 28.7 Å². The van der Waals surface area contributed by atoms with Gasteiger partial charge in [0.25, 0.3) is 0 Å². The molecular formula is C11H5F10NOS. The second-order valence-electron chi connectivity index (χ2n) is 4.20. The Bertz CT molecular complexity index is 654. The smallest absolute Gasteiger partial charge is 0.228 e. The molecule has 13 heteroatoms. The third-order valence-corrected chi connectivity index (χ3v) is 3.47. The monoisotopic (exact) mass is 389 g/mol. The van der Waals surface area contributed by atoms with E-state index in [1.165, 1.54) is 0 Å². The lowest BCUT2D eigenvalue weighted by atomic mass is 10.1. The van der Waals surface area contributed by atoms with Crippen molar-refractivity contribution in [2.75, 3.05) is 0 Å². The molecule has 0 radical (unpaired) electrons. The first-order valence-electron chi connectivity index (χ1n) is 5.56. The summed E-state index contributed by atoms with van der Waals surface area (Å²) in [6.45, 7) is 0. The number of halogens is 10. The predicted molar refractivity (Wildman–Crippen MR) is 63.0 cm³/mol. The van der Waals surface area contributed by atoms with E-state index in [9.17, 15) is 48.1 Å². The summed E-state index contributed by atoms with van der Waals surface area (Å²) in [5, 5.41) is -6.35. The molecule has 0 heterocycles. The Morgan fingerprint density at radius 2 is 1.46 bits per heavy atom. The molecule has 0 aliphatic carbocycles. The summed E-state index contributed by atoms with van der Waals surface area (Å²) in [4.78, 5) is 0. The molecule has 0 aliphatic heterocycles. The number of hydrogen-bond donors (Lipinski definition) is 0. The molecule has 0 aromatic heterocycles. The molecule has 0 spiro atoms. The van der Waals surface area contributed by atoms with Crippen LogP contribution in [0, 0.1) is 5.82 Å². The zero-order chi connectivity index (χ0) is 19.0. The van der Waals surface area contributed by atoms with E-state index in [1.54, 1.807) is 0 Å². The van der Waals surface area contributed by atoms with E-state index in [1.807, 2.05) is 0 Å². The molecule has 0 aliphatic rings. The highest BCUT2D eigenvalue weighted by Crippen LogP contribution is 2.54. The van der Waals surface area contributed by atoms with Crippen molar-refractivity contribution in [2.24, 2.45) is 4.40 Å². The Labute approximate surface area is 129 Å². The predicted octanol–water partition coefficient (Wildman–Crippen LogP) is 4.33. The van der Waals surface area contributed by atoms with Crippen LogP contribution >= 0.6 is 0 Å². The fourth-order valence-corrected chi connectivity index (χ4v) is 1.93. The summed E-state index contributed by atoms with van der Waals surface area (Å²) in [6, 6.07) is 3.52. The van der Waals surface area contributed by atoms with Gasteiger partial charge in [-0.25, -0.2) is 8.60 Å². The standard InChI is InChI=1S/C11H5F10NOS/c12-7-3-1-2-6(4-7)5-22-24(23)11(20,21)9(15,16)8(13,14)10(17,18)19/h1-5H/b22-5+/t24-/m0/s1. The first-order chi connectivity index (χ1) is 10.6. The normalized spacial score (nSPS) is 15.8. The van der Waals surface area contributed by atoms with Crippen molar-refractivity contribution in [1.82, 2.24) is 0 Å². The SMILES string of the molecule is O=[S@](/N=C/c1cccc(F)c1)C(F)(F)C(F)(F)C(F)(F)C(F)(F)F. The molecule has 24 heavy (non-hydrogen) atoms. The van der Waals surface area contributed by atoms with Crippen LogP contribution in [0.4, 0.5) is 43.9 Å².